The molecule has 4 aromatic carbocycles. The number of hydrogen-bond acceptors (Lipinski definition) is 6. The molecule has 0 saturated carbocycles. The van der Waals surface area contributed by atoms with Gasteiger partial charge < -0.3 is 19.7 Å². The first-order valence-electron chi connectivity index (χ1n) is 14.1. The van der Waals surface area contributed by atoms with Gasteiger partial charge in [-0.3, -0.25) is 13.9 Å². The third-order valence-corrected chi connectivity index (χ3v) is 9.45. The molecule has 234 valence electrons. The second kappa shape index (κ2) is 14.0. The Morgan fingerprint density at radius 3 is 2.27 bits per heavy atom. The molecule has 0 fully saturated rings. The number of hydrogen-bond donors (Lipinski definition) is 1. The van der Waals surface area contributed by atoms with Crippen LogP contribution in [0.4, 0.5) is 10.1 Å². The lowest BCUT2D eigenvalue weighted by molar-refractivity contribution is -0.139. The predicted octanol–water partition coefficient (Wildman–Crippen LogP) is 4.83. The van der Waals surface area contributed by atoms with Crippen molar-refractivity contribution in [3.63, 3.8) is 0 Å². The van der Waals surface area contributed by atoms with Crippen molar-refractivity contribution in [2.24, 2.45) is 0 Å². The third-order valence-electron chi connectivity index (χ3n) is 7.31. The Morgan fingerprint density at radius 2 is 1.58 bits per heavy atom. The number of halogens is 2. The SMILES string of the molecule is CNC(=O)C(Cc1ccccc1)N(Cc1ccccc1Cl)C(=O)CN(c1ccc(F)cc1)S(=O)(=O)c1ccc2c(c1)OCCO2. The Kier molecular flexibility index (Phi) is 9.90. The summed E-state index contributed by atoms with van der Waals surface area (Å²) in [6.45, 7) is -0.206. The Labute approximate surface area is 266 Å². The van der Waals surface area contributed by atoms with Crippen molar-refractivity contribution in [1.29, 1.82) is 0 Å². The zero-order valence-electron chi connectivity index (χ0n) is 24.4. The molecule has 4 aromatic rings. The highest BCUT2D eigenvalue weighted by Crippen LogP contribution is 2.34. The van der Waals surface area contributed by atoms with Gasteiger partial charge in [-0.25, -0.2) is 12.8 Å². The minimum Gasteiger partial charge on any atom is -0.486 e. The van der Waals surface area contributed by atoms with Crippen molar-refractivity contribution in [2.45, 2.75) is 23.9 Å². The van der Waals surface area contributed by atoms with E-state index in [0.29, 0.717) is 22.9 Å². The van der Waals surface area contributed by atoms with Crippen LogP contribution in [0.25, 0.3) is 0 Å². The molecular formula is C33H31ClFN3O6S. The van der Waals surface area contributed by atoms with Crippen LogP contribution >= 0.6 is 11.6 Å². The maximum atomic E-state index is 14.4. The van der Waals surface area contributed by atoms with Crippen molar-refractivity contribution in [3.8, 4) is 11.5 Å². The quantitative estimate of drug-likeness (QED) is 0.249. The number of amides is 2. The highest BCUT2D eigenvalue weighted by Gasteiger charge is 2.35. The topological polar surface area (TPSA) is 105 Å². The van der Waals surface area contributed by atoms with Crippen LogP contribution in [0.1, 0.15) is 11.1 Å². The van der Waals surface area contributed by atoms with Crippen molar-refractivity contribution >= 4 is 39.1 Å². The van der Waals surface area contributed by atoms with Gasteiger partial charge in [-0.1, -0.05) is 60.1 Å². The largest absolute Gasteiger partial charge is 0.486 e. The maximum absolute atomic E-state index is 14.4. The molecule has 0 saturated heterocycles. The molecule has 1 N–H and O–H groups in total. The molecule has 0 spiro atoms. The van der Waals surface area contributed by atoms with E-state index in [-0.39, 0.29) is 35.9 Å². The average molecular weight is 652 g/mol. The van der Waals surface area contributed by atoms with Crippen molar-refractivity contribution in [1.82, 2.24) is 10.2 Å². The summed E-state index contributed by atoms with van der Waals surface area (Å²) in [6, 6.07) is 24.0. The number of ether oxygens (including phenoxy) is 2. The molecule has 0 aliphatic carbocycles. The monoisotopic (exact) mass is 651 g/mol. The lowest BCUT2D eigenvalue weighted by Gasteiger charge is -2.33. The maximum Gasteiger partial charge on any atom is 0.264 e. The van der Waals surface area contributed by atoms with E-state index < -0.39 is 40.2 Å². The van der Waals surface area contributed by atoms with Gasteiger partial charge in [0, 0.05) is 31.1 Å². The number of fused-ring (bicyclic) bond motifs is 1. The molecule has 12 heteroatoms. The number of nitrogens with one attached hydrogen (secondary N) is 1. The molecule has 1 unspecified atom stereocenters. The van der Waals surface area contributed by atoms with Gasteiger partial charge in [-0.05, 0) is 53.6 Å². The number of likely N-dealkylation sites (N-methyl/N-ethyl adjacent to an activating group) is 1. The van der Waals surface area contributed by atoms with Gasteiger partial charge >= 0.3 is 0 Å². The number of rotatable bonds is 11. The van der Waals surface area contributed by atoms with Gasteiger partial charge in [0.25, 0.3) is 10.0 Å². The van der Waals surface area contributed by atoms with Crippen LogP contribution in [0.15, 0.2) is 102 Å². The van der Waals surface area contributed by atoms with E-state index in [9.17, 15) is 22.4 Å². The van der Waals surface area contributed by atoms with E-state index in [1.807, 2.05) is 30.3 Å². The second-order valence-corrected chi connectivity index (χ2v) is 12.5. The lowest BCUT2D eigenvalue weighted by atomic mass is 10.0. The van der Waals surface area contributed by atoms with Crippen molar-refractivity contribution in [3.05, 3.63) is 119 Å². The summed E-state index contributed by atoms with van der Waals surface area (Å²) < 4.78 is 54.3. The summed E-state index contributed by atoms with van der Waals surface area (Å²) >= 11 is 6.48. The van der Waals surface area contributed by atoms with Crippen LogP contribution in [-0.2, 0) is 32.6 Å². The lowest BCUT2D eigenvalue weighted by Crippen LogP contribution is -2.53. The number of benzene rings is 4. The molecule has 2 amide bonds. The molecule has 1 atom stereocenters. The van der Waals surface area contributed by atoms with E-state index in [2.05, 4.69) is 5.32 Å². The first-order valence-corrected chi connectivity index (χ1v) is 16.0. The van der Waals surface area contributed by atoms with Gasteiger partial charge in [0.15, 0.2) is 11.5 Å². The van der Waals surface area contributed by atoms with Crippen LogP contribution in [0.2, 0.25) is 5.02 Å². The van der Waals surface area contributed by atoms with Crippen LogP contribution < -0.4 is 19.1 Å². The minimum absolute atomic E-state index is 0.0527. The molecular weight excluding hydrogens is 621 g/mol. The summed E-state index contributed by atoms with van der Waals surface area (Å²) in [7, 11) is -2.95. The van der Waals surface area contributed by atoms with Crippen molar-refractivity contribution < 1.29 is 31.9 Å². The standard InChI is InChI=1S/C33H31ClFN3O6S/c1-36-33(40)29(19-23-7-3-2-4-8-23)37(21-24-9-5-6-10-28(24)34)32(39)22-38(26-13-11-25(35)12-14-26)45(41,42)27-15-16-30-31(20-27)44-18-17-43-30/h2-16,20,29H,17-19,21-22H2,1H3,(H,36,40). The second-order valence-electron chi connectivity index (χ2n) is 10.2. The van der Waals surface area contributed by atoms with Gasteiger partial charge in [0.1, 0.15) is 31.6 Å². The summed E-state index contributed by atoms with van der Waals surface area (Å²) in [5.41, 5.74) is 1.41. The van der Waals surface area contributed by atoms with Gasteiger partial charge in [-0.15, -0.1) is 0 Å². The molecule has 5 rings (SSSR count). The van der Waals surface area contributed by atoms with Crippen LogP contribution in [0.3, 0.4) is 0 Å². The Bertz CT molecular complexity index is 1770. The third kappa shape index (κ3) is 7.38. The molecule has 1 aliphatic rings. The molecule has 9 nitrogen and oxygen atoms in total. The average Bonchev–Trinajstić information content (AvgIpc) is 3.06. The Balaban J connectivity index is 1.57. The van der Waals surface area contributed by atoms with Crippen LogP contribution in [0, 0.1) is 5.82 Å². The van der Waals surface area contributed by atoms with Crippen LogP contribution in [-0.4, -0.2) is 58.0 Å². The zero-order valence-corrected chi connectivity index (χ0v) is 25.9. The fraction of sp³-hybridized carbons (Fsp3) is 0.212. The first kappa shape index (κ1) is 31.8. The number of carbonyl (C=O) groups excluding carboxylic acids is 2. The fourth-order valence-electron chi connectivity index (χ4n) is 4.98. The Hall–Kier alpha value is -4.61. The molecule has 0 aromatic heterocycles. The number of nitrogens with zero attached hydrogens (tertiary/aromatic N) is 2. The van der Waals surface area contributed by atoms with E-state index in [1.54, 1.807) is 24.3 Å². The van der Waals surface area contributed by atoms with E-state index in [1.165, 1.54) is 42.3 Å². The number of carbonyl (C=O) groups is 2. The van der Waals surface area contributed by atoms with Gasteiger partial charge in [0.05, 0.1) is 10.6 Å². The first-order chi connectivity index (χ1) is 21.7. The summed E-state index contributed by atoms with van der Waals surface area (Å²) in [5.74, 6) is -1.06. The highest BCUT2D eigenvalue weighted by atomic mass is 35.5. The van der Waals surface area contributed by atoms with Gasteiger partial charge in [0.2, 0.25) is 11.8 Å². The van der Waals surface area contributed by atoms with Crippen LogP contribution in [0.5, 0.6) is 11.5 Å². The fourth-order valence-corrected chi connectivity index (χ4v) is 6.60. The molecule has 1 heterocycles. The molecule has 0 radical (unpaired) electrons. The molecule has 0 bridgehead atoms. The Morgan fingerprint density at radius 1 is 0.911 bits per heavy atom. The summed E-state index contributed by atoms with van der Waals surface area (Å²) in [6.07, 6.45) is 0.155. The number of sulfonamides is 1. The van der Waals surface area contributed by atoms with E-state index in [0.717, 1.165) is 22.0 Å². The van der Waals surface area contributed by atoms with E-state index >= 15 is 0 Å². The van der Waals surface area contributed by atoms with E-state index in [4.69, 9.17) is 21.1 Å². The smallest absolute Gasteiger partial charge is 0.264 e. The predicted molar refractivity (Wildman–Crippen MR) is 168 cm³/mol. The van der Waals surface area contributed by atoms with Crippen molar-refractivity contribution in [2.75, 3.05) is 31.1 Å². The normalized spacial score (nSPS) is 13.0. The molecule has 1 aliphatic heterocycles. The summed E-state index contributed by atoms with van der Waals surface area (Å²) in [4.78, 5) is 28.9. The number of anilines is 1. The van der Waals surface area contributed by atoms with Gasteiger partial charge in [-0.2, -0.15) is 0 Å². The molecule has 45 heavy (non-hydrogen) atoms. The summed E-state index contributed by atoms with van der Waals surface area (Å²) in [5, 5.41) is 3.01. The zero-order chi connectivity index (χ0) is 32.0. The highest BCUT2D eigenvalue weighted by molar-refractivity contribution is 7.92. The minimum atomic E-state index is -4.42.